The summed E-state index contributed by atoms with van der Waals surface area (Å²) in [7, 11) is 0. The van der Waals surface area contributed by atoms with Gasteiger partial charge in [-0.25, -0.2) is 0 Å². The van der Waals surface area contributed by atoms with E-state index in [0.717, 1.165) is 11.1 Å². The SMILES string of the molecule is CC(C)c1c(O)cc(-c2ccccc2)cc1O. The van der Waals surface area contributed by atoms with Crippen LogP contribution in [0.5, 0.6) is 11.5 Å². The molecule has 0 bridgehead atoms. The zero-order chi connectivity index (χ0) is 12.4. The molecule has 0 heterocycles. The van der Waals surface area contributed by atoms with Crippen LogP contribution < -0.4 is 0 Å². The van der Waals surface area contributed by atoms with Crippen LogP contribution in [0.25, 0.3) is 11.1 Å². The molecule has 2 heteroatoms. The van der Waals surface area contributed by atoms with Gasteiger partial charge in [0.1, 0.15) is 11.5 Å². The van der Waals surface area contributed by atoms with E-state index in [0.29, 0.717) is 5.56 Å². The third kappa shape index (κ3) is 2.26. The van der Waals surface area contributed by atoms with Gasteiger partial charge in [-0.3, -0.25) is 0 Å². The van der Waals surface area contributed by atoms with Crippen molar-refractivity contribution in [3.8, 4) is 22.6 Å². The second-order valence-corrected chi connectivity index (χ2v) is 4.45. The molecular weight excluding hydrogens is 212 g/mol. The van der Waals surface area contributed by atoms with Gasteiger partial charge < -0.3 is 10.2 Å². The Morgan fingerprint density at radius 3 is 1.82 bits per heavy atom. The maximum atomic E-state index is 9.94. The Morgan fingerprint density at radius 2 is 1.35 bits per heavy atom. The van der Waals surface area contributed by atoms with Gasteiger partial charge in [0.05, 0.1) is 0 Å². The summed E-state index contributed by atoms with van der Waals surface area (Å²) in [4.78, 5) is 0. The summed E-state index contributed by atoms with van der Waals surface area (Å²) in [5.74, 6) is 0.400. The standard InChI is InChI=1S/C15H16O2/c1-10(2)15-13(16)8-12(9-14(15)17)11-6-4-3-5-7-11/h3-10,16-17H,1-2H3. The average Bonchev–Trinajstić information content (AvgIpc) is 2.28. The van der Waals surface area contributed by atoms with Gasteiger partial charge in [0.15, 0.2) is 0 Å². The molecule has 2 aromatic carbocycles. The molecule has 0 aliphatic carbocycles. The Morgan fingerprint density at radius 1 is 0.824 bits per heavy atom. The maximum absolute atomic E-state index is 9.94. The van der Waals surface area contributed by atoms with Crippen LogP contribution in [0.1, 0.15) is 25.3 Å². The van der Waals surface area contributed by atoms with Crippen molar-refractivity contribution in [2.45, 2.75) is 19.8 Å². The van der Waals surface area contributed by atoms with Crippen LogP contribution in [0.2, 0.25) is 0 Å². The summed E-state index contributed by atoms with van der Waals surface area (Å²) in [5, 5.41) is 19.9. The van der Waals surface area contributed by atoms with Crippen LogP contribution in [-0.4, -0.2) is 10.2 Å². The summed E-state index contributed by atoms with van der Waals surface area (Å²) >= 11 is 0. The first-order valence-electron chi connectivity index (χ1n) is 5.71. The normalized spacial score (nSPS) is 10.8. The van der Waals surface area contributed by atoms with Crippen LogP contribution >= 0.6 is 0 Å². The van der Waals surface area contributed by atoms with E-state index in [-0.39, 0.29) is 17.4 Å². The van der Waals surface area contributed by atoms with Gasteiger partial charge in [0, 0.05) is 5.56 Å². The summed E-state index contributed by atoms with van der Waals surface area (Å²) in [5.41, 5.74) is 2.41. The number of aromatic hydroxyl groups is 2. The van der Waals surface area contributed by atoms with Gasteiger partial charge in [-0.15, -0.1) is 0 Å². The molecule has 17 heavy (non-hydrogen) atoms. The molecule has 0 fully saturated rings. The maximum Gasteiger partial charge on any atom is 0.123 e. The minimum Gasteiger partial charge on any atom is -0.507 e. The van der Waals surface area contributed by atoms with E-state index < -0.39 is 0 Å². The minimum atomic E-state index is 0.0971. The van der Waals surface area contributed by atoms with E-state index in [1.54, 1.807) is 12.1 Å². The molecule has 0 spiro atoms. The largest absolute Gasteiger partial charge is 0.507 e. The second-order valence-electron chi connectivity index (χ2n) is 4.45. The summed E-state index contributed by atoms with van der Waals surface area (Å²) in [6, 6.07) is 13.1. The second kappa shape index (κ2) is 4.50. The third-order valence-corrected chi connectivity index (χ3v) is 2.82. The minimum absolute atomic E-state index is 0.0971. The first-order valence-corrected chi connectivity index (χ1v) is 5.71. The lowest BCUT2D eigenvalue weighted by Gasteiger charge is -2.12. The third-order valence-electron chi connectivity index (χ3n) is 2.82. The van der Waals surface area contributed by atoms with Crippen LogP contribution in [0.4, 0.5) is 0 Å². The molecule has 0 aliphatic heterocycles. The summed E-state index contributed by atoms with van der Waals surface area (Å²) in [6.07, 6.45) is 0. The smallest absolute Gasteiger partial charge is 0.123 e. The van der Waals surface area contributed by atoms with Crippen molar-refractivity contribution in [2.24, 2.45) is 0 Å². The molecule has 0 radical (unpaired) electrons. The lowest BCUT2D eigenvalue weighted by Crippen LogP contribution is -1.90. The zero-order valence-electron chi connectivity index (χ0n) is 10.0. The highest BCUT2D eigenvalue weighted by atomic mass is 16.3. The number of phenolic OH excluding ortho intramolecular Hbond substituents is 2. The van der Waals surface area contributed by atoms with Crippen molar-refractivity contribution in [3.05, 3.63) is 48.0 Å². The fourth-order valence-corrected chi connectivity index (χ4v) is 2.01. The number of hydrogen-bond donors (Lipinski definition) is 2. The van der Waals surface area contributed by atoms with Gasteiger partial charge in [0.2, 0.25) is 0 Å². The topological polar surface area (TPSA) is 40.5 Å². The molecule has 0 aliphatic rings. The monoisotopic (exact) mass is 228 g/mol. The van der Waals surface area contributed by atoms with Crippen molar-refractivity contribution in [1.82, 2.24) is 0 Å². The van der Waals surface area contributed by atoms with Gasteiger partial charge in [-0.2, -0.15) is 0 Å². The summed E-state index contributed by atoms with van der Waals surface area (Å²) in [6.45, 7) is 3.88. The molecule has 88 valence electrons. The molecule has 2 nitrogen and oxygen atoms in total. The Balaban J connectivity index is 2.53. The quantitative estimate of drug-likeness (QED) is 0.818. The Hall–Kier alpha value is -1.96. The fourth-order valence-electron chi connectivity index (χ4n) is 2.01. The predicted molar refractivity (Wildman–Crippen MR) is 69.3 cm³/mol. The van der Waals surface area contributed by atoms with E-state index in [1.165, 1.54) is 0 Å². The van der Waals surface area contributed by atoms with Crippen molar-refractivity contribution < 1.29 is 10.2 Å². The lowest BCUT2D eigenvalue weighted by atomic mass is 9.96. The first kappa shape index (κ1) is 11.5. The number of benzene rings is 2. The Bertz CT molecular complexity index is 493. The Kier molecular flexibility index (Phi) is 3.05. The molecule has 2 rings (SSSR count). The number of phenols is 2. The van der Waals surface area contributed by atoms with Crippen LogP contribution in [0.15, 0.2) is 42.5 Å². The van der Waals surface area contributed by atoms with Crippen LogP contribution in [-0.2, 0) is 0 Å². The van der Waals surface area contributed by atoms with E-state index >= 15 is 0 Å². The van der Waals surface area contributed by atoms with Crippen LogP contribution in [0.3, 0.4) is 0 Å². The van der Waals surface area contributed by atoms with Gasteiger partial charge >= 0.3 is 0 Å². The highest BCUT2D eigenvalue weighted by Crippen LogP contribution is 2.37. The molecular formula is C15H16O2. The van der Waals surface area contributed by atoms with Crippen LogP contribution in [0, 0.1) is 0 Å². The molecule has 0 atom stereocenters. The molecule has 2 N–H and O–H groups in total. The van der Waals surface area contributed by atoms with E-state index in [2.05, 4.69) is 0 Å². The Labute approximate surface area is 101 Å². The fraction of sp³-hybridized carbons (Fsp3) is 0.200. The first-order chi connectivity index (χ1) is 8.09. The van der Waals surface area contributed by atoms with Crippen molar-refractivity contribution in [3.63, 3.8) is 0 Å². The molecule has 0 amide bonds. The highest BCUT2D eigenvalue weighted by molar-refractivity contribution is 5.69. The van der Waals surface area contributed by atoms with Gasteiger partial charge in [0.25, 0.3) is 0 Å². The molecule has 0 unspecified atom stereocenters. The van der Waals surface area contributed by atoms with E-state index in [9.17, 15) is 10.2 Å². The molecule has 0 saturated heterocycles. The van der Waals surface area contributed by atoms with Crippen molar-refractivity contribution in [2.75, 3.05) is 0 Å². The summed E-state index contributed by atoms with van der Waals surface area (Å²) < 4.78 is 0. The van der Waals surface area contributed by atoms with Gasteiger partial charge in [-0.1, -0.05) is 44.2 Å². The predicted octanol–water partition coefficient (Wildman–Crippen LogP) is 3.89. The van der Waals surface area contributed by atoms with Crippen molar-refractivity contribution in [1.29, 1.82) is 0 Å². The average molecular weight is 228 g/mol. The van der Waals surface area contributed by atoms with E-state index in [4.69, 9.17) is 0 Å². The molecule has 2 aromatic rings. The number of rotatable bonds is 2. The molecule has 0 saturated carbocycles. The number of hydrogen-bond acceptors (Lipinski definition) is 2. The van der Waals surface area contributed by atoms with Gasteiger partial charge in [-0.05, 0) is 29.2 Å². The highest BCUT2D eigenvalue weighted by Gasteiger charge is 2.13. The van der Waals surface area contributed by atoms with E-state index in [1.807, 2.05) is 44.2 Å². The molecule has 0 aromatic heterocycles. The van der Waals surface area contributed by atoms with Crippen molar-refractivity contribution >= 4 is 0 Å². The zero-order valence-corrected chi connectivity index (χ0v) is 10.0. The lowest BCUT2D eigenvalue weighted by molar-refractivity contribution is 0.434.